The SMILES string of the molecule is CC(CO)Nc1cccc(C#N)c1[N+](=O)[O-]. The molecule has 0 aromatic heterocycles. The second-order valence-corrected chi connectivity index (χ2v) is 3.30. The molecule has 0 amide bonds. The van der Waals surface area contributed by atoms with Gasteiger partial charge in [0.05, 0.1) is 11.5 Å². The van der Waals surface area contributed by atoms with Gasteiger partial charge >= 0.3 is 5.69 Å². The highest BCUT2D eigenvalue weighted by atomic mass is 16.6. The number of para-hydroxylation sites is 1. The van der Waals surface area contributed by atoms with Crippen molar-refractivity contribution in [3.8, 4) is 6.07 Å². The maximum atomic E-state index is 10.8. The van der Waals surface area contributed by atoms with Crippen LogP contribution >= 0.6 is 0 Å². The van der Waals surface area contributed by atoms with E-state index in [2.05, 4.69) is 5.32 Å². The number of aliphatic hydroxyl groups excluding tert-OH is 1. The highest BCUT2D eigenvalue weighted by Crippen LogP contribution is 2.28. The van der Waals surface area contributed by atoms with Gasteiger partial charge in [-0.05, 0) is 19.1 Å². The second-order valence-electron chi connectivity index (χ2n) is 3.30. The Morgan fingerprint density at radius 2 is 2.38 bits per heavy atom. The smallest absolute Gasteiger partial charge is 0.309 e. The molecule has 84 valence electrons. The fourth-order valence-electron chi connectivity index (χ4n) is 1.26. The Morgan fingerprint density at radius 1 is 1.69 bits per heavy atom. The summed E-state index contributed by atoms with van der Waals surface area (Å²) in [5.74, 6) is 0. The Kier molecular flexibility index (Phi) is 3.80. The first-order chi connectivity index (χ1) is 7.60. The number of hydrogen-bond acceptors (Lipinski definition) is 5. The van der Waals surface area contributed by atoms with E-state index in [-0.39, 0.29) is 29.6 Å². The van der Waals surface area contributed by atoms with Crippen molar-refractivity contribution in [1.82, 2.24) is 0 Å². The quantitative estimate of drug-likeness (QED) is 0.589. The van der Waals surface area contributed by atoms with Crippen molar-refractivity contribution in [2.24, 2.45) is 0 Å². The van der Waals surface area contributed by atoms with Crippen molar-refractivity contribution in [2.75, 3.05) is 11.9 Å². The number of nitro benzene ring substituents is 1. The molecular weight excluding hydrogens is 210 g/mol. The maximum absolute atomic E-state index is 10.8. The summed E-state index contributed by atoms with van der Waals surface area (Å²) >= 11 is 0. The molecule has 16 heavy (non-hydrogen) atoms. The lowest BCUT2D eigenvalue weighted by molar-refractivity contribution is -0.384. The number of anilines is 1. The minimum atomic E-state index is -0.606. The van der Waals surface area contributed by atoms with Gasteiger partial charge in [0.1, 0.15) is 17.3 Å². The van der Waals surface area contributed by atoms with Gasteiger partial charge in [-0.25, -0.2) is 0 Å². The molecule has 0 heterocycles. The van der Waals surface area contributed by atoms with Gasteiger partial charge in [0.15, 0.2) is 0 Å². The number of aliphatic hydroxyl groups is 1. The Morgan fingerprint density at radius 3 is 2.88 bits per heavy atom. The summed E-state index contributed by atoms with van der Waals surface area (Å²) in [4.78, 5) is 10.2. The zero-order valence-corrected chi connectivity index (χ0v) is 8.67. The third-order valence-corrected chi connectivity index (χ3v) is 2.01. The zero-order valence-electron chi connectivity index (χ0n) is 8.67. The van der Waals surface area contributed by atoms with Crippen LogP contribution in [-0.4, -0.2) is 22.7 Å². The van der Waals surface area contributed by atoms with Crippen LogP contribution in [-0.2, 0) is 0 Å². The van der Waals surface area contributed by atoms with Gasteiger partial charge in [-0.1, -0.05) is 6.07 Å². The fraction of sp³-hybridized carbons (Fsp3) is 0.300. The van der Waals surface area contributed by atoms with Crippen molar-refractivity contribution in [2.45, 2.75) is 13.0 Å². The van der Waals surface area contributed by atoms with Crippen LogP contribution in [0.3, 0.4) is 0 Å². The molecule has 0 aliphatic rings. The van der Waals surface area contributed by atoms with E-state index in [9.17, 15) is 10.1 Å². The number of hydrogen-bond donors (Lipinski definition) is 2. The standard InChI is InChI=1S/C10H11N3O3/c1-7(6-14)12-9-4-2-3-8(5-11)10(9)13(15)16/h2-4,7,12,14H,6H2,1H3. The number of nitrogens with zero attached hydrogens (tertiary/aromatic N) is 2. The van der Waals surface area contributed by atoms with Crippen molar-refractivity contribution in [1.29, 1.82) is 5.26 Å². The molecule has 1 aromatic rings. The molecule has 0 fully saturated rings. The number of nitrogens with one attached hydrogen (secondary N) is 1. The minimum absolute atomic E-state index is 0.000129. The molecule has 0 aliphatic carbocycles. The summed E-state index contributed by atoms with van der Waals surface area (Å²) in [7, 11) is 0. The first kappa shape index (κ1) is 11.9. The predicted octanol–water partition coefficient (Wildman–Crippen LogP) is 1.26. The summed E-state index contributed by atoms with van der Waals surface area (Å²) in [6, 6.07) is 5.89. The lowest BCUT2D eigenvalue weighted by Gasteiger charge is -2.12. The Labute approximate surface area is 92.3 Å². The summed E-state index contributed by atoms with van der Waals surface area (Å²) in [5.41, 5.74) is -0.0176. The van der Waals surface area contributed by atoms with Crippen molar-refractivity contribution in [3.63, 3.8) is 0 Å². The summed E-state index contributed by atoms with van der Waals surface area (Å²) < 4.78 is 0. The summed E-state index contributed by atoms with van der Waals surface area (Å²) in [6.07, 6.45) is 0. The number of nitro groups is 1. The molecule has 6 nitrogen and oxygen atoms in total. The average Bonchev–Trinajstić information content (AvgIpc) is 2.28. The van der Waals surface area contributed by atoms with E-state index >= 15 is 0 Å². The molecule has 0 radical (unpaired) electrons. The molecule has 0 aliphatic heterocycles. The minimum Gasteiger partial charge on any atom is -0.394 e. The van der Waals surface area contributed by atoms with Gasteiger partial charge in [0.25, 0.3) is 0 Å². The third kappa shape index (κ3) is 2.46. The fourth-order valence-corrected chi connectivity index (χ4v) is 1.26. The van der Waals surface area contributed by atoms with Crippen LogP contribution in [0.2, 0.25) is 0 Å². The monoisotopic (exact) mass is 221 g/mol. The molecule has 0 spiro atoms. The molecule has 1 unspecified atom stereocenters. The van der Waals surface area contributed by atoms with Crippen LogP contribution in [0.1, 0.15) is 12.5 Å². The Hall–Kier alpha value is -2.13. The molecule has 0 bridgehead atoms. The summed E-state index contributed by atoms with van der Waals surface area (Å²) in [5, 5.41) is 31.2. The van der Waals surface area contributed by atoms with Gasteiger partial charge in [0, 0.05) is 6.04 Å². The van der Waals surface area contributed by atoms with Gasteiger partial charge in [-0.15, -0.1) is 0 Å². The van der Waals surface area contributed by atoms with Crippen molar-refractivity contribution >= 4 is 11.4 Å². The van der Waals surface area contributed by atoms with Gasteiger partial charge in [-0.2, -0.15) is 5.26 Å². The van der Waals surface area contributed by atoms with Gasteiger partial charge in [-0.3, -0.25) is 10.1 Å². The maximum Gasteiger partial charge on any atom is 0.309 e. The first-order valence-corrected chi connectivity index (χ1v) is 4.65. The lowest BCUT2D eigenvalue weighted by Crippen LogP contribution is -2.20. The van der Waals surface area contributed by atoms with Crippen LogP contribution in [0.5, 0.6) is 0 Å². The van der Waals surface area contributed by atoms with Gasteiger partial charge in [0.2, 0.25) is 0 Å². The molecule has 2 N–H and O–H groups in total. The predicted molar refractivity (Wildman–Crippen MR) is 58.0 cm³/mol. The van der Waals surface area contributed by atoms with E-state index in [4.69, 9.17) is 10.4 Å². The molecule has 0 saturated carbocycles. The number of nitriles is 1. The van der Waals surface area contributed by atoms with E-state index < -0.39 is 4.92 Å². The Balaban J connectivity index is 3.18. The normalized spacial score (nSPS) is 11.6. The van der Waals surface area contributed by atoms with E-state index in [1.165, 1.54) is 12.1 Å². The van der Waals surface area contributed by atoms with Crippen LogP contribution in [0, 0.1) is 21.4 Å². The molecule has 6 heteroatoms. The first-order valence-electron chi connectivity index (χ1n) is 4.65. The van der Waals surface area contributed by atoms with Gasteiger partial charge < -0.3 is 10.4 Å². The molecule has 1 aromatic carbocycles. The lowest BCUT2D eigenvalue weighted by atomic mass is 10.1. The second kappa shape index (κ2) is 5.09. The largest absolute Gasteiger partial charge is 0.394 e. The molecule has 1 rings (SSSR count). The average molecular weight is 221 g/mol. The Bertz CT molecular complexity index is 439. The summed E-state index contributed by atoms with van der Waals surface area (Å²) in [6.45, 7) is 1.54. The highest BCUT2D eigenvalue weighted by molar-refractivity contribution is 5.68. The van der Waals surface area contributed by atoms with E-state index in [1.807, 2.05) is 0 Å². The van der Waals surface area contributed by atoms with Crippen molar-refractivity contribution in [3.05, 3.63) is 33.9 Å². The highest BCUT2D eigenvalue weighted by Gasteiger charge is 2.20. The van der Waals surface area contributed by atoms with Crippen LogP contribution < -0.4 is 5.32 Å². The van der Waals surface area contributed by atoms with E-state index in [1.54, 1.807) is 19.1 Å². The van der Waals surface area contributed by atoms with E-state index in [0.717, 1.165) is 0 Å². The van der Waals surface area contributed by atoms with Crippen LogP contribution in [0.15, 0.2) is 18.2 Å². The molecule has 1 atom stereocenters. The third-order valence-electron chi connectivity index (χ3n) is 2.01. The molecular formula is C10H11N3O3. The van der Waals surface area contributed by atoms with E-state index in [0.29, 0.717) is 0 Å². The zero-order chi connectivity index (χ0) is 12.1. The topological polar surface area (TPSA) is 99.2 Å². The van der Waals surface area contributed by atoms with Crippen LogP contribution in [0.4, 0.5) is 11.4 Å². The van der Waals surface area contributed by atoms with Crippen LogP contribution in [0.25, 0.3) is 0 Å². The number of benzene rings is 1. The van der Waals surface area contributed by atoms with Crippen molar-refractivity contribution < 1.29 is 10.0 Å². The molecule has 0 saturated heterocycles. The number of rotatable bonds is 4.